The molecule has 1 fully saturated rings. The maximum Gasteiger partial charge on any atom is 0.319 e. The average Bonchev–Trinajstić information content (AvgIpc) is 2.83. The Morgan fingerprint density at radius 2 is 2.30 bits per heavy atom. The predicted octanol–water partition coefficient (Wildman–Crippen LogP) is 3.41. The number of hydrogen-bond acceptors (Lipinski definition) is 3. The van der Waals surface area contributed by atoms with E-state index in [2.05, 4.69) is 29.9 Å². The van der Waals surface area contributed by atoms with Crippen LogP contribution >= 0.6 is 11.8 Å². The fraction of sp³-hybridized carbons (Fsp3) is 0.533. The van der Waals surface area contributed by atoms with E-state index >= 15 is 0 Å². The molecule has 0 aromatic heterocycles. The highest BCUT2D eigenvalue weighted by Crippen LogP contribution is 2.27. The molecule has 1 heterocycles. The van der Waals surface area contributed by atoms with Crippen molar-refractivity contribution >= 4 is 23.5 Å². The largest absolute Gasteiger partial charge is 0.376 e. The number of carbonyl (C=O) groups is 1. The van der Waals surface area contributed by atoms with Crippen molar-refractivity contribution < 1.29 is 9.53 Å². The first kappa shape index (κ1) is 15.2. The van der Waals surface area contributed by atoms with Crippen molar-refractivity contribution in [2.24, 2.45) is 0 Å². The summed E-state index contributed by atoms with van der Waals surface area (Å²) in [5.41, 5.74) is 2.04. The van der Waals surface area contributed by atoms with Gasteiger partial charge in [-0.1, -0.05) is 12.1 Å². The molecule has 0 spiro atoms. The molecule has 0 saturated carbocycles. The number of ether oxygens (including phenoxy) is 1. The van der Waals surface area contributed by atoms with Crippen LogP contribution in [0.15, 0.2) is 24.3 Å². The van der Waals surface area contributed by atoms with E-state index in [-0.39, 0.29) is 18.2 Å². The van der Waals surface area contributed by atoms with Gasteiger partial charge in [-0.2, -0.15) is 11.8 Å². The maximum absolute atomic E-state index is 12.0. The molecule has 1 aromatic carbocycles. The Bertz CT molecular complexity index is 467. The lowest BCUT2D eigenvalue weighted by Crippen LogP contribution is -2.41. The van der Waals surface area contributed by atoms with Gasteiger partial charge in [0.2, 0.25) is 0 Å². The molecule has 4 nitrogen and oxygen atoms in total. The Morgan fingerprint density at radius 3 is 2.95 bits per heavy atom. The summed E-state index contributed by atoms with van der Waals surface area (Å²) in [6, 6.07) is 7.92. The summed E-state index contributed by atoms with van der Waals surface area (Å²) in [4.78, 5) is 12.0. The van der Waals surface area contributed by atoms with E-state index < -0.39 is 0 Å². The third-order valence-electron chi connectivity index (χ3n) is 3.66. The SMILES string of the molecule is CS[C@H](C)c1cccc(NC(=O)N[C@@H]2CCO[C@@H]2C)c1. The smallest absolute Gasteiger partial charge is 0.319 e. The zero-order valence-electron chi connectivity index (χ0n) is 12.2. The van der Waals surface area contributed by atoms with E-state index in [1.165, 1.54) is 5.56 Å². The molecule has 2 N–H and O–H groups in total. The first-order chi connectivity index (χ1) is 9.60. The van der Waals surface area contributed by atoms with Gasteiger partial charge < -0.3 is 15.4 Å². The van der Waals surface area contributed by atoms with Crippen LogP contribution in [0.3, 0.4) is 0 Å². The number of nitrogens with one attached hydrogen (secondary N) is 2. The predicted molar refractivity (Wildman–Crippen MR) is 84.3 cm³/mol. The molecule has 20 heavy (non-hydrogen) atoms. The van der Waals surface area contributed by atoms with E-state index in [4.69, 9.17) is 4.74 Å². The third-order valence-corrected chi connectivity index (χ3v) is 4.64. The lowest BCUT2D eigenvalue weighted by atomic mass is 10.1. The van der Waals surface area contributed by atoms with Crippen LogP contribution in [0.2, 0.25) is 0 Å². The standard InChI is InChI=1S/C15H22N2O2S/c1-10-14(7-8-19-10)17-15(18)16-13-6-4-5-12(9-13)11(2)20-3/h4-6,9-11,14H,7-8H2,1-3H3,(H2,16,17,18)/t10-,11-,14-/m1/s1. The summed E-state index contributed by atoms with van der Waals surface area (Å²) in [6.07, 6.45) is 3.04. The number of benzene rings is 1. The minimum atomic E-state index is -0.165. The van der Waals surface area contributed by atoms with Gasteiger partial charge in [-0.25, -0.2) is 4.79 Å². The van der Waals surface area contributed by atoms with E-state index in [0.29, 0.717) is 11.9 Å². The van der Waals surface area contributed by atoms with Crippen molar-refractivity contribution in [3.8, 4) is 0 Å². The average molecular weight is 294 g/mol. The minimum Gasteiger partial charge on any atom is -0.376 e. The second kappa shape index (κ2) is 6.99. The Labute approximate surface area is 124 Å². The lowest BCUT2D eigenvalue weighted by molar-refractivity contribution is 0.114. The Balaban J connectivity index is 1.93. The van der Waals surface area contributed by atoms with Crippen LogP contribution in [0.1, 0.15) is 31.1 Å². The maximum atomic E-state index is 12.0. The Morgan fingerprint density at radius 1 is 1.50 bits per heavy atom. The zero-order chi connectivity index (χ0) is 14.5. The quantitative estimate of drug-likeness (QED) is 0.894. The van der Waals surface area contributed by atoms with Crippen LogP contribution in [0.5, 0.6) is 0 Å². The summed E-state index contributed by atoms with van der Waals surface area (Å²) >= 11 is 1.79. The van der Waals surface area contributed by atoms with Gasteiger partial charge in [0.05, 0.1) is 12.1 Å². The van der Waals surface area contributed by atoms with Crippen LogP contribution in [-0.2, 0) is 4.74 Å². The first-order valence-electron chi connectivity index (χ1n) is 6.92. The fourth-order valence-corrected chi connectivity index (χ4v) is 2.68. The molecule has 110 valence electrons. The van der Waals surface area contributed by atoms with Crippen molar-refractivity contribution in [1.82, 2.24) is 5.32 Å². The summed E-state index contributed by atoms with van der Waals surface area (Å²) < 4.78 is 5.44. The molecule has 1 aliphatic rings. The normalized spacial score (nSPS) is 23.4. The number of carbonyl (C=O) groups excluding carboxylic acids is 1. The molecule has 2 rings (SSSR count). The van der Waals surface area contributed by atoms with Gasteiger partial charge in [0.1, 0.15) is 0 Å². The van der Waals surface area contributed by atoms with Gasteiger partial charge in [0, 0.05) is 17.5 Å². The van der Waals surface area contributed by atoms with Gasteiger partial charge in [-0.05, 0) is 44.2 Å². The lowest BCUT2D eigenvalue weighted by Gasteiger charge is -2.17. The molecule has 1 aromatic rings. The topological polar surface area (TPSA) is 50.4 Å². The van der Waals surface area contributed by atoms with Crippen LogP contribution < -0.4 is 10.6 Å². The van der Waals surface area contributed by atoms with Crippen molar-refractivity contribution in [2.75, 3.05) is 18.2 Å². The van der Waals surface area contributed by atoms with Crippen molar-refractivity contribution in [3.63, 3.8) is 0 Å². The molecule has 1 aliphatic heterocycles. The highest BCUT2D eigenvalue weighted by molar-refractivity contribution is 7.98. The van der Waals surface area contributed by atoms with Gasteiger partial charge in [-0.15, -0.1) is 0 Å². The molecule has 0 aliphatic carbocycles. The second-order valence-corrected chi connectivity index (χ2v) is 6.25. The Hall–Kier alpha value is -1.20. The number of hydrogen-bond donors (Lipinski definition) is 2. The minimum absolute atomic E-state index is 0.0867. The van der Waals surface area contributed by atoms with Crippen molar-refractivity contribution in [1.29, 1.82) is 0 Å². The summed E-state index contributed by atoms with van der Waals surface area (Å²) in [7, 11) is 0. The van der Waals surface area contributed by atoms with Gasteiger partial charge in [0.25, 0.3) is 0 Å². The highest BCUT2D eigenvalue weighted by Gasteiger charge is 2.25. The van der Waals surface area contributed by atoms with Crippen LogP contribution in [0, 0.1) is 0 Å². The second-order valence-electron chi connectivity index (χ2n) is 5.07. The van der Waals surface area contributed by atoms with Crippen LogP contribution in [0.25, 0.3) is 0 Å². The van der Waals surface area contributed by atoms with E-state index in [9.17, 15) is 4.79 Å². The number of anilines is 1. The number of rotatable bonds is 4. The molecule has 5 heteroatoms. The third kappa shape index (κ3) is 3.90. The summed E-state index contributed by atoms with van der Waals surface area (Å²) in [6.45, 7) is 4.85. The number of amides is 2. The van der Waals surface area contributed by atoms with E-state index in [0.717, 1.165) is 12.1 Å². The zero-order valence-corrected chi connectivity index (χ0v) is 13.0. The molecule has 2 amide bonds. The van der Waals surface area contributed by atoms with Gasteiger partial charge in [-0.3, -0.25) is 0 Å². The molecular weight excluding hydrogens is 272 g/mol. The van der Waals surface area contributed by atoms with Gasteiger partial charge in [0.15, 0.2) is 0 Å². The molecule has 0 unspecified atom stereocenters. The Kier molecular flexibility index (Phi) is 5.31. The first-order valence-corrected chi connectivity index (χ1v) is 8.21. The van der Waals surface area contributed by atoms with Gasteiger partial charge >= 0.3 is 6.03 Å². The van der Waals surface area contributed by atoms with Crippen molar-refractivity contribution in [2.45, 2.75) is 37.7 Å². The number of thioether (sulfide) groups is 1. The number of urea groups is 1. The van der Waals surface area contributed by atoms with E-state index in [1.54, 1.807) is 11.8 Å². The summed E-state index contributed by atoms with van der Waals surface area (Å²) in [5.74, 6) is 0. The molecular formula is C15H22N2O2S. The fourth-order valence-electron chi connectivity index (χ4n) is 2.26. The monoisotopic (exact) mass is 294 g/mol. The van der Waals surface area contributed by atoms with Crippen LogP contribution in [-0.4, -0.2) is 31.0 Å². The summed E-state index contributed by atoms with van der Waals surface area (Å²) in [5, 5.41) is 6.27. The molecule has 0 radical (unpaired) electrons. The molecule has 3 atom stereocenters. The van der Waals surface area contributed by atoms with E-state index in [1.807, 2.05) is 25.1 Å². The molecule has 1 saturated heterocycles. The van der Waals surface area contributed by atoms with Crippen LogP contribution in [0.4, 0.5) is 10.5 Å². The highest BCUT2D eigenvalue weighted by atomic mass is 32.2. The molecule has 0 bridgehead atoms. The van der Waals surface area contributed by atoms with Crippen molar-refractivity contribution in [3.05, 3.63) is 29.8 Å².